The van der Waals surface area contributed by atoms with Crippen LogP contribution in [0.25, 0.3) is 0 Å². The van der Waals surface area contributed by atoms with Gasteiger partial charge in [-0.05, 0) is 49.7 Å². The maximum absolute atomic E-state index is 11.6. The molecule has 0 aromatic carbocycles. The minimum Gasteiger partial charge on any atom is -0.351 e. The van der Waals surface area contributed by atoms with Crippen molar-refractivity contribution in [2.24, 2.45) is 0 Å². The van der Waals surface area contributed by atoms with E-state index in [-0.39, 0.29) is 17.5 Å². The van der Waals surface area contributed by atoms with Gasteiger partial charge in [0.05, 0.1) is 0 Å². The van der Waals surface area contributed by atoms with Crippen LogP contribution in [0.4, 0.5) is 0 Å². The Morgan fingerprint density at radius 3 is 2.67 bits per heavy atom. The molecule has 102 valence electrons. The quantitative estimate of drug-likeness (QED) is 0.866. The summed E-state index contributed by atoms with van der Waals surface area (Å²) in [6, 6.07) is 2.39. The highest BCUT2D eigenvalue weighted by molar-refractivity contribution is 9.10. The fraction of sp³-hybridized carbons (Fsp3) is 0.615. The van der Waals surface area contributed by atoms with E-state index < -0.39 is 0 Å². The first-order valence-corrected chi connectivity index (χ1v) is 7.73. The number of carbonyl (C=O) groups is 1. The second-order valence-corrected chi connectivity index (χ2v) is 7.25. The van der Waals surface area contributed by atoms with Crippen molar-refractivity contribution >= 4 is 33.2 Å². The van der Waals surface area contributed by atoms with Crippen molar-refractivity contribution in [1.29, 1.82) is 0 Å². The average molecular weight is 333 g/mol. The van der Waals surface area contributed by atoms with E-state index >= 15 is 0 Å². The lowest BCUT2D eigenvalue weighted by atomic mass is 10.1. The summed E-state index contributed by atoms with van der Waals surface area (Å²) >= 11 is 5.16. The molecular weight excluding hydrogens is 312 g/mol. The van der Waals surface area contributed by atoms with Gasteiger partial charge >= 0.3 is 0 Å². The molecule has 1 heterocycles. The van der Waals surface area contributed by atoms with Crippen molar-refractivity contribution in [3.05, 3.63) is 20.8 Å². The topological polar surface area (TPSA) is 41.1 Å². The fourth-order valence-corrected chi connectivity index (χ4v) is 3.02. The Kier molecular flexibility index (Phi) is 5.82. The highest BCUT2D eigenvalue weighted by Crippen LogP contribution is 2.25. The zero-order valence-electron chi connectivity index (χ0n) is 11.3. The normalized spacial score (nSPS) is 13.4. The second kappa shape index (κ2) is 6.68. The smallest absolute Gasteiger partial charge is 0.221 e. The molecular formula is C13H21BrN2OS. The maximum Gasteiger partial charge on any atom is 0.221 e. The van der Waals surface area contributed by atoms with Gasteiger partial charge in [0.25, 0.3) is 0 Å². The molecule has 0 aliphatic heterocycles. The molecule has 0 aliphatic carbocycles. The monoisotopic (exact) mass is 332 g/mol. The first-order valence-electron chi connectivity index (χ1n) is 6.06. The third-order valence-electron chi connectivity index (χ3n) is 2.33. The van der Waals surface area contributed by atoms with E-state index in [1.807, 2.05) is 20.8 Å². The molecule has 1 aromatic heterocycles. The second-order valence-electron chi connectivity index (χ2n) is 5.39. The van der Waals surface area contributed by atoms with Crippen LogP contribution in [0.15, 0.2) is 15.9 Å². The highest BCUT2D eigenvalue weighted by Gasteiger charge is 2.14. The summed E-state index contributed by atoms with van der Waals surface area (Å²) in [5, 5.41) is 8.38. The lowest BCUT2D eigenvalue weighted by molar-refractivity contribution is -0.122. The number of hydrogen-bond donors (Lipinski definition) is 2. The van der Waals surface area contributed by atoms with E-state index in [0.717, 1.165) is 4.47 Å². The Hall–Kier alpha value is -0.390. The van der Waals surface area contributed by atoms with Crippen molar-refractivity contribution in [3.8, 4) is 0 Å². The standard InChI is InChI=1S/C13H21BrN2OS/c1-9(11-7-10(14)8-18-11)15-6-5-12(17)16-13(2,3)4/h7-9,15H,5-6H2,1-4H3,(H,16,17). The molecule has 2 N–H and O–H groups in total. The lowest BCUT2D eigenvalue weighted by Crippen LogP contribution is -2.41. The number of nitrogens with one attached hydrogen (secondary N) is 2. The molecule has 0 fully saturated rings. The predicted molar refractivity (Wildman–Crippen MR) is 80.9 cm³/mol. The molecule has 0 aliphatic rings. The number of thiophene rings is 1. The van der Waals surface area contributed by atoms with Gasteiger partial charge in [0, 0.05) is 39.3 Å². The maximum atomic E-state index is 11.6. The molecule has 1 unspecified atom stereocenters. The molecule has 0 saturated carbocycles. The van der Waals surface area contributed by atoms with Gasteiger partial charge in [-0.25, -0.2) is 0 Å². The number of carbonyl (C=O) groups excluding carboxylic acids is 1. The third kappa shape index (κ3) is 5.98. The molecule has 5 heteroatoms. The van der Waals surface area contributed by atoms with Crippen LogP contribution in [0, 0.1) is 0 Å². The minimum absolute atomic E-state index is 0.0922. The van der Waals surface area contributed by atoms with Crippen molar-refractivity contribution in [1.82, 2.24) is 10.6 Å². The van der Waals surface area contributed by atoms with Crippen LogP contribution >= 0.6 is 27.3 Å². The summed E-state index contributed by atoms with van der Waals surface area (Å²) in [6.07, 6.45) is 0.508. The van der Waals surface area contributed by atoms with Gasteiger partial charge in [0.2, 0.25) is 5.91 Å². The Morgan fingerprint density at radius 2 is 2.17 bits per heavy atom. The molecule has 0 spiro atoms. The SMILES string of the molecule is CC(NCCC(=O)NC(C)(C)C)c1cc(Br)cs1. The highest BCUT2D eigenvalue weighted by atomic mass is 79.9. The number of hydrogen-bond acceptors (Lipinski definition) is 3. The van der Waals surface area contributed by atoms with E-state index in [1.54, 1.807) is 11.3 Å². The Labute approximate surface area is 121 Å². The van der Waals surface area contributed by atoms with Crippen molar-refractivity contribution in [2.75, 3.05) is 6.54 Å². The molecule has 1 atom stereocenters. The Bertz CT molecular complexity index is 398. The third-order valence-corrected chi connectivity index (χ3v) is 4.21. The van der Waals surface area contributed by atoms with E-state index in [0.29, 0.717) is 13.0 Å². The van der Waals surface area contributed by atoms with Crippen molar-refractivity contribution < 1.29 is 4.79 Å². The summed E-state index contributed by atoms with van der Waals surface area (Å²) in [4.78, 5) is 12.9. The van der Waals surface area contributed by atoms with Gasteiger partial charge in [0.15, 0.2) is 0 Å². The van der Waals surface area contributed by atoms with Crippen LogP contribution in [-0.2, 0) is 4.79 Å². The van der Waals surface area contributed by atoms with Gasteiger partial charge < -0.3 is 10.6 Å². The summed E-state index contributed by atoms with van der Waals surface area (Å²) < 4.78 is 1.11. The molecule has 0 bridgehead atoms. The average Bonchev–Trinajstić information content (AvgIpc) is 2.62. The summed E-state index contributed by atoms with van der Waals surface area (Å²) in [5.74, 6) is 0.0922. The molecule has 0 saturated heterocycles. The molecule has 1 rings (SSSR count). The Balaban J connectivity index is 2.27. The Morgan fingerprint density at radius 1 is 1.50 bits per heavy atom. The van der Waals surface area contributed by atoms with Gasteiger partial charge in [-0.1, -0.05) is 0 Å². The van der Waals surface area contributed by atoms with Gasteiger partial charge in [0.1, 0.15) is 0 Å². The van der Waals surface area contributed by atoms with Crippen LogP contribution in [0.3, 0.4) is 0 Å². The molecule has 1 amide bonds. The fourth-order valence-electron chi connectivity index (χ4n) is 1.54. The van der Waals surface area contributed by atoms with Crippen molar-refractivity contribution in [2.45, 2.75) is 45.7 Å². The number of halogens is 1. The zero-order chi connectivity index (χ0) is 13.8. The summed E-state index contributed by atoms with van der Waals surface area (Å²) in [5.41, 5.74) is -0.151. The van der Waals surface area contributed by atoms with E-state index in [4.69, 9.17) is 0 Å². The summed E-state index contributed by atoms with van der Waals surface area (Å²) in [7, 11) is 0. The minimum atomic E-state index is -0.151. The number of amides is 1. The van der Waals surface area contributed by atoms with Gasteiger partial charge in [-0.15, -0.1) is 11.3 Å². The largest absolute Gasteiger partial charge is 0.351 e. The van der Waals surface area contributed by atoms with Crippen molar-refractivity contribution in [3.63, 3.8) is 0 Å². The first-order chi connectivity index (χ1) is 8.28. The molecule has 18 heavy (non-hydrogen) atoms. The van der Waals surface area contributed by atoms with Gasteiger partial charge in [-0.2, -0.15) is 0 Å². The number of rotatable bonds is 5. The van der Waals surface area contributed by atoms with E-state index in [2.05, 4.69) is 44.9 Å². The molecule has 0 radical (unpaired) electrons. The van der Waals surface area contributed by atoms with Gasteiger partial charge in [-0.3, -0.25) is 4.79 Å². The zero-order valence-corrected chi connectivity index (χ0v) is 13.7. The first kappa shape index (κ1) is 15.7. The van der Waals surface area contributed by atoms with Crippen LogP contribution < -0.4 is 10.6 Å². The lowest BCUT2D eigenvalue weighted by Gasteiger charge is -2.21. The van der Waals surface area contributed by atoms with Crippen LogP contribution in [0.1, 0.15) is 45.0 Å². The van der Waals surface area contributed by atoms with Crippen LogP contribution in [0.2, 0.25) is 0 Å². The predicted octanol–water partition coefficient (Wildman–Crippen LogP) is 3.47. The summed E-state index contributed by atoms with van der Waals surface area (Å²) in [6.45, 7) is 8.77. The van der Waals surface area contributed by atoms with E-state index in [9.17, 15) is 4.79 Å². The molecule has 3 nitrogen and oxygen atoms in total. The van der Waals surface area contributed by atoms with Crippen LogP contribution in [-0.4, -0.2) is 18.0 Å². The van der Waals surface area contributed by atoms with E-state index in [1.165, 1.54) is 4.88 Å². The van der Waals surface area contributed by atoms with Crippen LogP contribution in [0.5, 0.6) is 0 Å². The molecule has 1 aromatic rings.